The largest absolute Gasteiger partial charge is 0.350 e. The smallest absolute Gasteiger partial charge is 0.262 e. The van der Waals surface area contributed by atoms with Crippen LogP contribution in [-0.2, 0) is 10.0 Å². The standard InChI is InChI=1S/C20H24FN3O3S/c1-2-24-12-6-8-16(24)14-22-20(25)15-7-5-9-17(13-15)28(26,27)23-19-11-4-3-10-18(19)21/h3-5,7,9-11,13,16,23H,2,6,8,12,14H2,1H3,(H,22,25). The van der Waals surface area contributed by atoms with Gasteiger partial charge >= 0.3 is 0 Å². The number of sulfonamides is 1. The number of amides is 1. The summed E-state index contributed by atoms with van der Waals surface area (Å²) in [5.74, 6) is -0.997. The van der Waals surface area contributed by atoms with Gasteiger partial charge in [-0.3, -0.25) is 14.4 Å². The monoisotopic (exact) mass is 405 g/mol. The first-order valence-electron chi connectivity index (χ1n) is 9.30. The third-order valence-corrected chi connectivity index (χ3v) is 6.29. The highest BCUT2D eigenvalue weighted by Crippen LogP contribution is 2.20. The van der Waals surface area contributed by atoms with Gasteiger partial charge in [0, 0.05) is 18.2 Å². The van der Waals surface area contributed by atoms with E-state index in [0.29, 0.717) is 12.6 Å². The van der Waals surface area contributed by atoms with E-state index < -0.39 is 15.8 Å². The van der Waals surface area contributed by atoms with Crippen molar-refractivity contribution in [2.75, 3.05) is 24.4 Å². The van der Waals surface area contributed by atoms with Gasteiger partial charge in [0.1, 0.15) is 5.82 Å². The van der Waals surface area contributed by atoms with Crippen LogP contribution in [-0.4, -0.2) is 44.9 Å². The Morgan fingerprint density at radius 2 is 2.00 bits per heavy atom. The van der Waals surface area contributed by atoms with E-state index in [1.165, 1.54) is 42.5 Å². The quantitative estimate of drug-likeness (QED) is 0.743. The number of nitrogens with one attached hydrogen (secondary N) is 2. The fraction of sp³-hybridized carbons (Fsp3) is 0.350. The number of anilines is 1. The summed E-state index contributed by atoms with van der Waals surface area (Å²) < 4.78 is 41.1. The van der Waals surface area contributed by atoms with Gasteiger partial charge in [-0.1, -0.05) is 25.1 Å². The van der Waals surface area contributed by atoms with Crippen molar-refractivity contribution in [2.24, 2.45) is 0 Å². The first-order valence-corrected chi connectivity index (χ1v) is 10.8. The van der Waals surface area contributed by atoms with Crippen LogP contribution in [0.15, 0.2) is 53.4 Å². The zero-order chi connectivity index (χ0) is 20.1. The topological polar surface area (TPSA) is 78.5 Å². The maximum Gasteiger partial charge on any atom is 0.262 e. The van der Waals surface area contributed by atoms with Gasteiger partial charge in [0.25, 0.3) is 15.9 Å². The van der Waals surface area contributed by atoms with Crippen molar-refractivity contribution in [3.8, 4) is 0 Å². The van der Waals surface area contributed by atoms with E-state index in [-0.39, 0.29) is 22.1 Å². The number of likely N-dealkylation sites (N-methyl/N-ethyl adjacent to an activating group) is 1. The van der Waals surface area contributed by atoms with Gasteiger partial charge < -0.3 is 5.32 Å². The summed E-state index contributed by atoms with van der Waals surface area (Å²) in [6.07, 6.45) is 2.15. The summed E-state index contributed by atoms with van der Waals surface area (Å²) in [4.78, 5) is 14.7. The Morgan fingerprint density at radius 3 is 2.75 bits per heavy atom. The van der Waals surface area contributed by atoms with Crippen molar-refractivity contribution >= 4 is 21.6 Å². The summed E-state index contributed by atoms with van der Waals surface area (Å²) in [6, 6.07) is 11.6. The number of hydrogen-bond acceptors (Lipinski definition) is 4. The van der Waals surface area contributed by atoms with Gasteiger partial charge in [0.2, 0.25) is 0 Å². The van der Waals surface area contributed by atoms with Gasteiger partial charge in [0.05, 0.1) is 10.6 Å². The van der Waals surface area contributed by atoms with E-state index in [1.54, 1.807) is 6.07 Å². The van der Waals surface area contributed by atoms with E-state index >= 15 is 0 Å². The molecule has 1 fully saturated rings. The van der Waals surface area contributed by atoms with Crippen LogP contribution in [0.3, 0.4) is 0 Å². The molecule has 3 rings (SSSR count). The Hall–Kier alpha value is -2.45. The molecule has 0 aromatic heterocycles. The second-order valence-corrected chi connectivity index (χ2v) is 8.43. The van der Waals surface area contributed by atoms with Crippen LogP contribution in [0.1, 0.15) is 30.1 Å². The van der Waals surface area contributed by atoms with E-state index in [0.717, 1.165) is 25.9 Å². The molecular formula is C20H24FN3O3S. The van der Waals surface area contributed by atoms with Crippen molar-refractivity contribution in [1.29, 1.82) is 0 Å². The molecule has 0 radical (unpaired) electrons. The third-order valence-electron chi connectivity index (χ3n) is 4.93. The predicted molar refractivity (Wildman–Crippen MR) is 106 cm³/mol. The first kappa shape index (κ1) is 20.3. The van der Waals surface area contributed by atoms with Crippen molar-refractivity contribution < 1.29 is 17.6 Å². The molecule has 150 valence electrons. The molecule has 1 saturated heterocycles. The molecule has 0 aliphatic carbocycles. The molecule has 0 saturated carbocycles. The van der Waals surface area contributed by atoms with Crippen LogP contribution in [0.2, 0.25) is 0 Å². The van der Waals surface area contributed by atoms with Crippen LogP contribution < -0.4 is 10.0 Å². The van der Waals surface area contributed by atoms with Gasteiger partial charge in [-0.15, -0.1) is 0 Å². The zero-order valence-electron chi connectivity index (χ0n) is 15.7. The minimum atomic E-state index is -4.01. The lowest BCUT2D eigenvalue weighted by molar-refractivity contribution is 0.0941. The lowest BCUT2D eigenvalue weighted by Gasteiger charge is -2.22. The van der Waals surface area contributed by atoms with E-state index in [1.807, 2.05) is 0 Å². The number of halogens is 1. The average Bonchev–Trinajstić information content (AvgIpc) is 3.15. The van der Waals surface area contributed by atoms with Crippen LogP contribution in [0, 0.1) is 5.82 Å². The average molecular weight is 405 g/mol. The fourth-order valence-electron chi connectivity index (χ4n) is 3.41. The molecule has 1 atom stereocenters. The molecule has 1 heterocycles. The number of carbonyl (C=O) groups excluding carboxylic acids is 1. The fourth-order valence-corrected chi connectivity index (χ4v) is 4.52. The SMILES string of the molecule is CCN1CCCC1CNC(=O)c1cccc(S(=O)(=O)Nc2ccccc2F)c1. The Bertz CT molecular complexity index is 949. The van der Waals surface area contributed by atoms with Crippen LogP contribution in [0.4, 0.5) is 10.1 Å². The highest BCUT2D eigenvalue weighted by molar-refractivity contribution is 7.92. The Kier molecular flexibility index (Phi) is 6.31. The molecule has 6 nitrogen and oxygen atoms in total. The highest BCUT2D eigenvalue weighted by atomic mass is 32.2. The number of benzene rings is 2. The van der Waals surface area contributed by atoms with Crippen LogP contribution in [0.5, 0.6) is 0 Å². The molecule has 1 aliphatic rings. The summed E-state index contributed by atoms with van der Waals surface area (Å²) in [7, 11) is -4.01. The van der Waals surface area contributed by atoms with E-state index in [2.05, 4.69) is 21.9 Å². The Morgan fingerprint density at radius 1 is 1.21 bits per heavy atom. The molecule has 0 bridgehead atoms. The maximum absolute atomic E-state index is 13.8. The Balaban J connectivity index is 1.70. The van der Waals surface area contributed by atoms with Crippen molar-refractivity contribution in [3.63, 3.8) is 0 Å². The first-order chi connectivity index (χ1) is 13.4. The van der Waals surface area contributed by atoms with Gasteiger partial charge in [-0.25, -0.2) is 12.8 Å². The molecule has 1 aliphatic heterocycles. The number of likely N-dealkylation sites (tertiary alicyclic amines) is 1. The number of hydrogen-bond donors (Lipinski definition) is 2. The van der Waals surface area contributed by atoms with Gasteiger partial charge in [0.15, 0.2) is 0 Å². The molecular weight excluding hydrogens is 381 g/mol. The number of nitrogens with zero attached hydrogens (tertiary/aromatic N) is 1. The molecule has 2 aromatic rings. The second-order valence-electron chi connectivity index (χ2n) is 6.75. The van der Waals surface area contributed by atoms with E-state index in [9.17, 15) is 17.6 Å². The summed E-state index contributed by atoms with van der Waals surface area (Å²) in [5, 5.41) is 2.89. The predicted octanol–water partition coefficient (Wildman–Crippen LogP) is 2.84. The number of rotatable bonds is 7. The molecule has 2 N–H and O–H groups in total. The number of carbonyl (C=O) groups is 1. The molecule has 0 spiro atoms. The Labute approximate surface area is 164 Å². The van der Waals surface area contributed by atoms with Crippen LogP contribution >= 0.6 is 0 Å². The van der Waals surface area contributed by atoms with E-state index in [4.69, 9.17) is 0 Å². The molecule has 28 heavy (non-hydrogen) atoms. The normalized spacial score (nSPS) is 17.4. The summed E-state index contributed by atoms with van der Waals surface area (Å²) >= 11 is 0. The summed E-state index contributed by atoms with van der Waals surface area (Å²) in [5.41, 5.74) is 0.107. The lowest BCUT2D eigenvalue weighted by atomic mass is 10.2. The zero-order valence-corrected chi connectivity index (χ0v) is 16.5. The number of para-hydroxylation sites is 1. The van der Waals surface area contributed by atoms with Crippen molar-refractivity contribution in [2.45, 2.75) is 30.7 Å². The molecule has 8 heteroatoms. The highest BCUT2D eigenvalue weighted by Gasteiger charge is 2.24. The maximum atomic E-state index is 13.8. The lowest BCUT2D eigenvalue weighted by Crippen LogP contribution is -2.40. The summed E-state index contributed by atoms with van der Waals surface area (Å²) in [6.45, 7) is 4.59. The molecule has 1 amide bonds. The van der Waals surface area contributed by atoms with Crippen LogP contribution in [0.25, 0.3) is 0 Å². The minimum absolute atomic E-state index is 0.0977. The second kappa shape index (κ2) is 8.70. The minimum Gasteiger partial charge on any atom is -0.350 e. The van der Waals surface area contributed by atoms with Crippen molar-refractivity contribution in [1.82, 2.24) is 10.2 Å². The molecule has 2 aromatic carbocycles. The van der Waals surface area contributed by atoms with Crippen molar-refractivity contribution in [3.05, 3.63) is 59.9 Å². The van der Waals surface area contributed by atoms with Gasteiger partial charge in [-0.2, -0.15) is 0 Å². The van der Waals surface area contributed by atoms with Gasteiger partial charge in [-0.05, 0) is 56.3 Å². The third kappa shape index (κ3) is 4.69. The molecule has 1 unspecified atom stereocenters.